The summed E-state index contributed by atoms with van der Waals surface area (Å²) in [5, 5.41) is 5.79. The van der Waals surface area contributed by atoms with Gasteiger partial charge in [0.15, 0.2) is 9.84 Å². The van der Waals surface area contributed by atoms with Crippen LogP contribution in [0.25, 0.3) is 0 Å². The van der Waals surface area contributed by atoms with Gasteiger partial charge in [-0.15, -0.1) is 0 Å². The molecule has 21 heavy (non-hydrogen) atoms. The van der Waals surface area contributed by atoms with Crippen LogP contribution in [0, 0.1) is 0 Å². The zero-order valence-electron chi connectivity index (χ0n) is 12.2. The Morgan fingerprint density at radius 3 is 2.71 bits per heavy atom. The van der Waals surface area contributed by atoms with Gasteiger partial charge in [-0.25, -0.2) is 8.42 Å². The Bertz CT molecular complexity index is 630. The highest BCUT2D eigenvalue weighted by Gasteiger charge is 2.38. The van der Waals surface area contributed by atoms with Crippen molar-refractivity contribution in [2.45, 2.75) is 18.9 Å². The molecule has 0 aromatic heterocycles. The molecular weight excluding hydrogens is 292 g/mol. The summed E-state index contributed by atoms with van der Waals surface area (Å²) in [7, 11) is -1.45. The molecule has 0 aliphatic carbocycles. The molecule has 0 radical (unpaired) electrons. The fourth-order valence-corrected chi connectivity index (χ4v) is 4.51. The number of benzene rings is 1. The smallest absolute Gasteiger partial charge is 0.238 e. The maximum Gasteiger partial charge on any atom is 0.238 e. The number of methoxy groups -OCH3 is 1. The molecule has 0 spiro atoms. The second kappa shape index (κ2) is 6.03. The standard InChI is InChI=1S/C14H20N2O4S/c1-14(7-8-21(18,19)10-14)15-9-13(17)16-11-5-3-4-6-12(11)20-2/h3-6,15H,7-10H2,1-2H3,(H,16,17). The van der Waals surface area contributed by atoms with Crippen molar-refractivity contribution in [3.8, 4) is 5.75 Å². The van der Waals surface area contributed by atoms with Gasteiger partial charge in [0.25, 0.3) is 0 Å². The number of hydrogen-bond donors (Lipinski definition) is 2. The Morgan fingerprint density at radius 1 is 1.38 bits per heavy atom. The summed E-state index contributed by atoms with van der Waals surface area (Å²) in [6.07, 6.45) is 0.525. The van der Waals surface area contributed by atoms with Crippen molar-refractivity contribution in [1.29, 1.82) is 0 Å². The lowest BCUT2D eigenvalue weighted by atomic mass is 10.0. The van der Waals surface area contributed by atoms with E-state index in [1.165, 1.54) is 7.11 Å². The number of hydrogen-bond acceptors (Lipinski definition) is 5. The van der Waals surface area contributed by atoms with Gasteiger partial charge in [0.1, 0.15) is 5.75 Å². The highest BCUT2D eigenvalue weighted by molar-refractivity contribution is 7.91. The molecule has 1 aliphatic heterocycles. The van der Waals surface area contributed by atoms with E-state index in [1.807, 2.05) is 13.0 Å². The molecular formula is C14H20N2O4S. The van der Waals surface area contributed by atoms with Gasteiger partial charge in [0, 0.05) is 5.54 Å². The van der Waals surface area contributed by atoms with E-state index in [-0.39, 0.29) is 24.0 Å². The largest absolute Gasteiger partial charge is 0.495 e. The SMILES string of the molecule is COc1ccccc1NC(=O)CNC1(C)CCS(=O)(=O)C1. The van der Waals surface area contributed by atoms with Crippen LogP contribution in [0.4, 0.5) is 5.69 Å². The van der Waals surface area contributed by atoms with Crippen LogP contribution < -0.4 is 15.4 Å². The van der Waals surface area contributed by atoms with Crippen LogP contribution in [0.2, 0.25) is 0 Å². The number of sulfone groups is 1. The number of anilines is 1. The Hall–Kier alpha value is -1.60. The van der Waals surface area contributed by atoms with Crippen molar-refractivity contribution in [3.63, 3.8) is 0 Å². The van der Waals surface area contributed by atoms with E-state index in [1.54, 1.807) is 18.2 Å². The summed E-state index contributed by atoms with van der Waals surface area (Å²) in [4.78, 5) is 12.0. The molecule has 2 rings (SSSR count). The highest BCUT2D eigenvalue weighted by atomic mass is 32.2. The lowest BCUT2D eigenvalue weighted by Crippen LogP contribution is -2.46. The minimum atomic E-state index is -2.99. The summed E-state index contributed by atoms with van der Waals surface area (Å²) < 4.78 is 28.2. The third kappa shape index (κ3) is 4.18. The number of para-hydroxylation sites is 2. The zero-order valence-corrected chi connectivity index (χ0v) is 13.0. The fraction of sp³-hybridized carbons (Fsp3) is 0.500. The predicted molar refractivity (Wildman–Crippen MR) is 81.3 cm³/mol. The Kier molecular flexibility index (Phi) is 4.53. The van der Waals surface area contributed by atoms with Gasteiger partial charge >= 0.3 is 0 Å². The van der Waals surface area contributed by atoms with E-state index < -0.39 is 15.4 Å². The van der Waals surface area contributed by atoms with Gasteiger partial charge in [-0.05, 0) is 25.5 Å². The minimum Gasteiger partial charge on any atom is -0.495 e. The van der Waals surface area contributed by atoms with E-state index in [0.717, 1.165) is 0 Å². The fourth-order valence-electron chi connectivity index (χ4n) is 2.39. The number of carbonyl (C=O) groups excluding carboxylic acids is 1. The number of rotatable bonds is 5. The van der Waals surface area contributed by atoms with E-state index in [4.69, 9.17) is 4.74 Å². The molecule has 1 heterocycles. The molecule has 1 amide bonds. The van der Waals surface area contributed by atoms with Gasteiger partial charge in [-0.1, -0.05) is 12.1 Å². The third-order valence-electron chi connectivity index (χ3n) is 3.56. The number of amides is 1. The maximum atomic E-state index is 12.0. The van der Waals surface area contributed by atoms with Crippen molar-refractivity contribution in [2.24, 2.45) is 0 Å². The molecule has 0 bridgehead atoms. The number of nitrogens with one attached hydrogen (secondary N) is 2. The number of carbonyl (C=O) groups is 1. The van der Waals surface area contributed by atoms with E-state index >= 15 is 0 Å². The predicted octanol–water partition coefficient (Wildman–Crippen LogP) is 0.800. The van der Waals surface area contributed by atoms with Crippen LogP contribution in [0.1, 0.15) is 13.3 Å². The Balaban J connectivity index is 1.91. The van der Waals surface area contributed by atoms with E-state index in [9.17, 15) is 13.2 Å². The molecule has 6 nitrogen and oxygen atoms in total. The van der Waals surface area contributed by atoms with Crippen LogP contribution in [0.3, 0.4) is 0 Å². The van der Waals surface area contributed by atoms with Gasteiger partial charge in [-0.3, -0.25) is 4.79 Å². The summed E-state index contributed by atoms with van der Waals surface area (Å²) in [6, 6.07) is 7.12. The van der Waals surface area contributed by atoms with Crippen LogP contribution in [0.5, 0.6) is 5.75 Å². The third-order valence-corrected chi connectivity index (χ3v) is 5.46. The summed E-state index contributed by atoms with van der Waals surface area (Å²) in [6.45, 7) is 1.89. The average Bonchev–Trinajstić information content (AvgIpc) is 2.72. The second-order valence-electron chi connectivity index (χ2n) is 5.50. The quantitative estimate of drug-likeness (QED) is 0.840. The van der Waals surface area contributed by atoms with Gasteiger partial charge < -0.3 is 15.4 Å². The summed E-state index contributed by atoms with van der Waals surface area (Å²) in [5.74, 6) is 0.595. The van der Waals surface area contributed by atoms with Gasteiger partial charge in [-0.2, -0.15) is 0 Å². The van der Waals surface area contributed by atoms with Crippen LogP contribution >= 0.6 is 0 Å². The lowest BCUT2D eigenvalue weighted by molar-refractivity contribution is -0.115. The molecule has 1 aromatic rings. The second-order valence-corrected chi connectivity index (χ2v) is 7.69. The normalized spacial score (nSPS) is 23.7. The van der Waals surface area contributed by atoms with Crippen molar-refractivity contribution in [2.75, 3.05) is 30.5 Å². The first-order valence-corrected chi connectivity index (χ1v) is 8.54. The van der Waals surface area contributed by atoms with Crippen molar-refractivity contribution >= 4 is 21.4 Å². The highest BCUT2D eigenvalue weighted by Crippen LogP contribution is 2.24. The Morgan fingerprint density at radius 2 is 2.10 bits per heavy atom. The van der Waals surface area contributed by atoms with E-state index in [0.29, 0.717) is 17.9 Å². The molecule has 1 fully saturated rings. The summed E-state index contributed by atoms with van der Waals surface area (Å²) in [5.41, 5.74) is 0.0627. The average molecular weight is 312 g/mol. The molecule has 1 aliphatic rings. The van der Waals surface area contributed by atoms with Crippen molar-refractivity contribution < 1.29 is 17.9 Å². The van der Waals surface area contributed by atoms with Crippen molar-refractivity contribution in [3.05, 3.63) is 24.3 Å². The molecule has 1 atom stereocenters. The number of ether oxygens (including phenoxy) is 1. The molecule has 7 heteroatoms. The molecule has 2 N–H and O–H groups in total. The van der Waals surface area contributed by atoms with Gasteiger partial charge in [0.2, 0.25) is 5.91 Å². The zero-order chi connectivity index (χ0) is 15.5. The molecule has 1 aromatic carbocycles. The van der Waals surface area contributed by atoms with Crippen molar-refractivity contribution in [1.82, 2.24) is 5.32 Å². The molecule has 1 saturated heterocycles. The monoisotopic (exact) mass is 312 g/mol. The first-order valence-electron chi connectivity index (χ1n) is 6.72. The molecule has 116 valence electrons. The van der Waals surface area contributed by atoms with Crippen LogP contribution in [-0.2, 0) is 14.6 Å². The van der Waals surface area contributed by atoms with Gasteiger partial charge in [0.05, 0.1) is 30.8 Å². The van der Waals surface area contributed by atoms with E-state index in [2.05, 4.69) is 10.6 Å². The molecule has 0 saturated carbocycles. The lowest BCUT2D eigenvalue weighted by Gasteiger charge is -2.23. The minimum absolute atomic E-state index is 0.0596. The first-order chi connectivity index (χ1) is 9.84. The summed E-state index contributed by atoms with van der Waals surface area (Å²) >= 11 is 0. The van der Waals surface area contributed by atoms with Crippen LogP contribution in [0.15, 0.2) is 24.3 Å². The molecule has 1 unspecified atom stereocenters. The Labute approximate surface area is 124 Å². The maximum absolute atomic E-state index is 12.0. The first kappa shape index (κ1) is 15.8. The topological polar surface area (TPSA) is 84.5 Å². The van der Waals surface area contributed by atoms with Crippen LogP contribution in [-0.4, -0.2) is 45.0 Å².